The number of benzene rings is 1. The molecule has 0 amide bonds. The second kappa shape index (κ2) is 4.26. The largest absolute Gasteiger partial charge is 0.489 e. The summed E-state index contributed by atoms with van der Waals surface area (Å²) in [5.74, 6) is 2.34. The Balaban J connectivity index is 2.01. The molecule has 0 fully saturated rings. The summed E-state index contributed by atoms with van der Waals surface area (Å²) in [5, 5.41) is 0. The molecular weight excluding hydrogens is 192 g/mol. The lowest BCUT2D eigenvalue weighted by molar-refractivity contribution is 0.174. The number of ether oxygens (including phenoxy) is 3. The lowest BCUT2D eigenvalue weighted by Crippen LogP contribution is -1.94. The molecule has 1 aromatic rings. The van der Waals surface area contributed by atoms with Crippen molar-refractivity contribution in [3.8, 4) is 17.2 Å². The quantitative estimate of drug-likeness (QED) is 0.712. The van der Waals surface area contributed by atoms with E-state index in [-0.39, 0.29) is 0 Å². The second-order valence-electron chi connectivity index (χ2n) is 3.61. The molecule has 15 heavy (non-hydrogen) atoms. The molecule has 1 heterocycles. The molecule has 2 rings (SSSR count). The van der Waals surface area contributed by atoms with Crippen molar-refractivity contribution in [3.05, 3.63) is 29.8 Å². The van der Waals surface area contributed by atoms with Gasteiger partial charge in [0.1, 0.15) is 12.4 Å². The predicted octanol–water partition coefficient (Wildman–Crippen LogP) is 2.76. The third kappa shape index (κ3) is 2.43. The molecule has 3 nitrogen and oxygen atoms in total. The Labute approximate surface area is 89.3 Å². The van der Waals surface area contributed by atoms with Crippen molar-refractivity contribution in [1.82, 2.24) is 0 Å². The van der Waals surface area contributed by atoms with Gasteiger partial charge in [0.05, 0.1) is 0 Å². The molecule has 1 aliphatic rings. The molecule has 0 saturated carbocycles. The summed E-state index contributed by atoms with van der Waals surface area (Å²) in [6.45, 7) is 4.97. The molecule has 0 saturated heterocycles. The summed E-state index contributed by atoms with van der Waals surface area (Å²) in [6, 6.07) is 5.59. The monoisotopic (exact) mass is 206 g/mol. The number of rotatable bonds is 3. The highest BCUT2D eigenvalue weighted by atomic mass is 16.7. The van der Waals surface area contributed by atoms with E-state index in [4.69, 9.17) is 14.2 Å². The van der Waals surface area contributed by atoms with E-state index in [1.165, 1.54) is 5.57 Å². The van der Waals surface area contributed by atoms with E-state index in [2.05, 4.69) is 0 Å². The lowest BCUT2D eigenvalue weighted by Gasteiger charge is -2.04. The second-order valence-corrected chi connectivity index (χ2v) is 3.61. The third-order valence-corrected chi connectivity index (χ3v) is 2.09. The molecule has 0 bridgehead atoms. The number of fused-ring (bicyclic) bond motifs is 1. The van der Waals surface area contributed by atoms with Crippen molar-refractivity contribution >= 4 is 0 Å². The van der Waals surface area contributed by atoms with E-state index in [9.17, 15) is 0 Å². The Bertz CT molecular complexity index is 378. The predicted molar refractivity (Wildman–Crippen MR) is 57.5 cm³/mol. The topological polar surface area (TPSA) is 27.7 Å². The minimum absolute atomic E-state index is 0.298. The average Bonchev–Trinajstić information content (AvgIpc) is 2.64. The summed E-state index contributed by atoms with van der Waals surface area (Å²) < 4.78 is 16.0. The fourth-order valence-electron chi connectivity index (χ4n) is 1.27. The Hall–Kier alpha value is -1.64. The van der Waals surface area contributed by atoms with Gasteiger partial charge in [-0.15, -0.1) is 0 Å². The summed E-state index contributed by atoms with van der Waals surface area (Å²) in [5.41, 5.74) is 1.25. The summed E-state index contributed by atoms with van der Waals surface area (Å²) in [6.07, 6.45) is 2.03. The van der Waals surface area contributed by atoms with Gasteiger partial charge in [0.2, 0.25) is 6.79 Å². The Morgan fingerprint density at radius 2 is 2.13 bits per heavy atom. The molecule has 0 radical (unpaired) electrons. The van der Waals surface area contributed by atoms with Gasteiger partial charge in [0.25, 0.3) is 0 Å². The van der Waals surface area contributed by atoms with E-state index in [0.29, 0.717) is 13.4 Å². The van der Waals surface area contributed by atoms with Crippen molar-refractivity contribution in [1.29, 1.82) is 0 Å². The molecule has 3 heteroatoms. The van der Waals surface area contributed by atoms with Crippen LogP contribution in [0.4, 0.5) is 0 Å². The first kappa shape index (κ1) is 9.90. The van der Waals surface area contributed by atoms with Gasteiger partial charge in [-0.05, 0) is 32.1 Å². The first-order valence-electron chi connectivity index (χ1n) is 4.91. The van der Waals surface area contributed by atoms with Crippen LogP contribution in [-0.4, -0.2) is 13.4 Å². The van der Waals surface area contributed by atoms with Gasteiger partial charge in [0.15, 0.2) is 11.5 Å². The van der Waals surface area contributed by atoms with Gasteiger partial charge in [-0.2, -0.15) is 0 Å². The Kier molecular flexibility index (Phi) is 2.81. The van der Waals surface area contributed by atoms with Crippen LogP contribution in [-0.2, 0) is 0 Å². The molecule has 1 aromatic carbocycles. The zero-order valence-corrected chi connectivity index (χ0v) is 8.95. The fraction of sp³-hybridized carbons (Fsp3) is 0.333. The van der Waals surface area contributed by atoms with Crippen molar-refractivity contribution in [3.63, 3.8) is 0 Å². The van der Waals surface area contributed by atoms with E-state index >= 15 is 0 Å². The molecule has 0 aromatic heterocycles. The maximum atomic E-state index is 5.53. The lowest BCUT2D eigenvalue weighted by atomic mass is 10.3. The fourth-order valence-corrected chi connectivity index (χ4v) is 1.27. The highest BCUT2D eigenvalue weighted by molar-refractivity contribution is 5.46. The zero-order chi connectivity index (χ0) is 10.7. The van der Waals surface area contributed by atoms with Gasteiger partial charge in [-0.1, -0.05) is 5.57 Å². The van der Waals surface area contributed by atoms with Crippen molar-refractivity contribution in [2.75, 3.05) is 13.4 Å². The number of hydrogen-bond donors (Lipinski definition) is 0. The smallest absolute Gasteiger partial charge is 0.231 e. The number of allylic oxidation sites excluding steroid dienone is 1. The minimum Gasteiger partial charge on any atom is -0.489 e. The summed E-state index contributed by atoms with van der Waals surface area (Å²) in [7, 11) is 0. The first-order valence-corrected chi connectivity index (χ1v) is 4.91. The van der Waals surface area contributed by atoms with Crippen LogP contribution in [0.2, 0.25) is 0 Å². The van der Waals surface area contributed by atoms with Gasteiger partial charge in [-0.25, -0.2) is 0 Å². The van der Waals surface area contributed by atoms with Crippen LogP contribution in [0.3, 0.4) is 0 Å². The van der Waals surface area contributed by atoms with Crippen LogP contribution < -0.4 is 14.2 Å². The average molecular weight is 206 g/mol. The zero-order valence-electron chi connectivity index (χ0n) is 8.95. The molecule has 0 unspecified atom stereocenters. The van der Waals surface area contributed by atoms with Crippen molar-refractivity contribution in [2.45, 2.75) is 13.8 Å². The molecule has 0 N–H and O–H groups in total. The van der Waals surface area contributed by atoms with Crippen molar-refractivity contribution < 1.29 is 14.2 Å². The van der Waals surface area contributed by atoms with Crippen LogP contribution in [0.25, 0.3) is 0 Å². The summed E-state index contributed by atoms with van der Waals surface area (Å²) >= 11 is 0. The van der Waals surface area contributed by atoms with Crippen LogP contribution >= 0.6 is 0 Å². The van der Waals surface area contributed by atoms with Crippen LogP contribution in [0.1, 0.15) is 13.8 Å². The SMILES string of the molecule is CC(C)=CCOc1ccc2c(c1)OCO2. The van der Waals surface area contributed by atoms with Crippen LogP contribution in [0.15, 0.2) is 29.8 Å². The van der Waals surface area contributed by atoms with E-state index in [1.54, 1.807) is 0 Å². The standard InChI is InChI=1S/C12H14O3/c1-9(2)5-6-13-10-3-4-11-12(7-10)15-8-14-11/h3-5,7H,6,8H2,1-2H3. The Morgan fingerprint density at radius 1 is 1.33 bits per heavy atom. The minimum atomic E-state index is 0.298. The van der Waals surface area contributed by atoms with Gasteiger partial charge >= 0.3 is 0 Å². The highest BCUT2D eigenvalue weighted by Gasteiger charge is 2.13. The van der Waals surface area contributed by atoms with Crippen LogP contribution in [0, 0.1) is 0 Å². The first-order chi connectivity index (χ1) is 7.25. The molecule has 1 aliphatic heterocycles. The van der Waals surface area contributed by atoms with Crippen LogP contribution in [0.5, 0.6) is 17.2 Å². The third-order valence-electron chi connectivity index (χ3n) is 2.09. The molecular formula is C12H14O3. The highest BCUT2D eigenvalue weighted by Crippen LogP contribution is 2.34. The Morgan fingerprint density at radius 3 is 2.93 bits per heavy atom. The molecule has 0 aliphatic carbocycles. The number of hydrogen-bond acceptors (Lipinski definition) is 3. The summed E-state index contributed by atoms with van der Waals surface area (Å²) in [4.78, 5) is 0. The van der Waals surface area contributed by atoms with Gasteiger partial charge < -0.3 is 14.2 Å². The maximum absolute atomic E-state index is 5.53. The van der Waals surface area contributed by atoms with Gasteiger partial charge in [0, 0.05) is 6.07 Å². The normalized spacial score (nSPS) is 12.4. The van der Waals surface area contributed by atoms with E-state index in [1.807, 2.05) is 38.1 Å². The molecule has 80 valence electrons. The van der Waals surface area contributed by atoms with Gasteiger partial charge in [-0.3, -0.25) is 0 Å². The maximum Gasteiger partial charge on any atom is 0.231 e. The molecule has 0 spiro atoms. The molecule has 0 atom stereocenters. The van der Waals surface area contributed by atoms with E-state index in [0.717, 1.165) is 17.2 Å². The van der Waals surface area contributed by atoms with Crippen molar-refractivity contribution in [2.24, 2.45) is 0 Å². The van der Waals surface area contributed by atoms with E-state index < -0.39 is 0 Å².